The van der Waals surface area contributed by atoms with Gasteiger partial charge in [-0.05, 0) is 220 Å². The molecule has 0 saturated heterocycles. The molecule has 18 rings (SSSR count). The van der Waals surface area contributed by atoms with E-state index in [4.69, 9.17) is 0 Å². The standard InChI is InChI=1S/C90H71N3/c1-87(2)71-48-62(56-24-14-9-15-25-56)36-42-81(71)92-82-43-37-63(57-26-16-10-17-27-57)49-72(82)88(3,4)76-53-66(52-75(87)85(76)92)60-34-40-79-69(46-60)70-47-61(35-41-80(70)91(79)68-32-22-13-23-33-68)67-54-77-86-78(55-67)90(7,8)74-51-65(59-30-20-12-21-31-59)39-45-84(74)93(86)83-44-38-64(50-73(83)89(77,5)6)58-28-18-11-19-29-58/h9-55H,1-8H3. The van der Waals surface area contributed by atoms with E-state index >= 15 is 0 Å². The Morgan fingerprint density at radius 1 is 0.204 bits per heavy atom. The summed E-state index contributed by atoms with van der Waals surface area (Å²) in [6.45, 7) is 19.6. The van der Waals surface area contributed by atoms with Crippen molar-refractivity contribution < 1.29 is 0 Å². The number of hydrogen-bond donors (Lipinski definition) is 0. The number of anilines is 6. The van der Waals surface area contributed by atoms with Crippen molar-refractivity contribution in [3.05, 3.63) is 330 Å². The minimum absolute atomic E-state index is 0.344. The molecule has 0 N–H and O–H groups in total. The molecule has 4 aliphatic heterocycles. The van der Waals surface area contributed by atoms with E-state index in [0.29, 0.717) is 0 Å². The Kier molecular flexibility index (Phi) is 11.8. The summed E-state index contributed by atoms with van der Waals surface area (Å²) >= 11 is 0. The molecule has 0 unspecified atom stereocenters. The van der Waals surface area contributed by atoms with Crippen molar-refractivity contribution in [2.24, 2.45) is 0 Å². The molecule has 446 valence electrons. The highest BCUT2D eigenvalue weighted by molar-refractivity contribution is 6.12. The van der Waals surface area contributed by atoms with Crippen LogP contribution < -0.4 is 9.80 Å². The zero-order valence-electron chi connectivity index (χ0n) is 54.0. The first-order chi connectivity index (χ1) is 45.1. The number of nitrogens with zero attached hydrogens (tertiary/aromatic N) is 3. The lowest BCUT2D eigenvalue weighted by Crippen LogP contribution is -2.38. The summed E-state index contributed by atoms with van der Waals surface area (Å²) < 4.78 is 2.48. The van der Waals surface area contributed by atoms with Gasteiger partial charge in [0, 0.05) is 38.1 Å². The fourth-order valence-corrected chi connectivity index (χ4v) is 16.7. The lowest BCUT2D eigenvalue weighted by molar-refractivity contribution is 0.597. The summed E-state index contributed by atoms with van der Waals surface area (Å²) in [4.78, 5) is 5.21. The third-order valence-electron chi connectivity index (χ3n) is 21.9. The Balaban J connectivity index is 0.844. The highest BCUT2D eigenvalue weighted by Gasteiger charge is 2.48. The van der Waals surface area contributed by atoms with Crippen LogP contribution in [-0.4, -0.2) is 4.57 Å². The van der Waals surface area contributed by atoms with Crippen molar-refractivity contribution >= 4 is 55.9 Å². The first kappa shape index (κ1) is 55.1. The Labute approximate surface area is 546 Å². The second kappa shape index (κ2) is 19.9. The van der Waals surface area contributed by atoms with Crippen molar-refractivity contribution in [2.45, 2.75) is 77.0 Å². The second-order valence-electron chi connectivity index (χ2n) is 28.5. The zero-order chi connectivity index (χ0) is 62.9. The smallest absolute Gasteiger partial charge is 0.0544 e. The van der Waals surface area contributed by atoms with Gasteiger partial charge in [-0.25, -0.2) is 0 Å². The van der Waals surface area contributed by atoms with Gasteiger partial charge >= 0.3 is 0 Å². The molecule has 5 heterocycles. The predicted octanol–water partition coefficient (Wildman–Crippen LogP) is 24.3. The van der Waals surface area contributed by atoms with Crippen LogP contribution in [0, 0.1) is 0 Å². The van der Waals surface area contributed by atoms with Crippen molar-refractivity contribution in [3.63, 3.8) is 0 Å². The van der Waals surface area contributed by atoms with Gasteiger partial charge in [-0.2, -0.15) is 0 Å². The zero-order valence-corrected chi connectivity index (χ0v) is 54.0. The van der Waals surface area contributed by atoms with Gasteiger partial charge in [0.05, 0.1) is 45.2 Å². The Bertz CT molecular complexity index is 4850. The predicted molar refractivity (Wildman–Crippen MR) is 391 cm³/mol. The van der Waals surface area contributed by atoms with Crippen molar-refractivity contribution in [3.8, 4) is 72.4 Å². The van der Waals surface area contributed by atoms with Crippen LogP contribution in [0.25, 0.3) is 94.3 Å². The molecule has 13 aromatic carbocycles. The van der Waals surface area contributed by atoms with Crippen LogP contribution in [0.2, 0.25) is 0 Å². The van der Waals surface area contributed by atoms with E-state index in [2.05, 4.69) is 355 Å². The van der Waals surface area contributed by atoms with Crippen LogP contribution in [0.5, 0.6) is 0 Å². The first-order valence-corrected chi connectivity index (χ1v) is 33.1. The SMILES string of the molecule is CC1(C)c2cc(-c3ccccc3)ccc2N2c3ccc(-c4ccccc4)cc3C(C)(C)c3cc(-c4ccc5c(c4)c4cc(-c6cc7c8c(c6)C(C)(C)c6cc(-c9ccccc9)ccc6N8c6ccc(-c8ccccc8)cc6C7(C)C)ccc4n5-c4ccccc4)cc1c32. The molecular weight excluding hydrogens is 1120 g/mol. The van der Waals surface area contributed by atoms with E-state index in [9.17, 15) is 0 Å². The van der Waals surface area contributed by atoms with E-state index in [0.717, 1.165) is 5.69 Å². The molecule has 0 saturated carbocycles. The largest absolute Gasteiger partial charge is 0.309 e. The Morgan fingerprint density at radius 2 is 0.441 bits per heavy atom. The highest BCUT2D eigenvalue weighted by atomic mass is 15.2. The van der Waals surface area contributed by atoms with Crippen LogP contribution in [0.15, 0.2) is 285 Å². The number of para-hydroxylation sites is 1. The lowest BCUT2D eigenvalue weighted by atomic mass is 9.65. The molecule has 3 nitrogen and oxygen atoms in total. The van der Waals surface area contributed by atoms with Crippen LogP contribution in [-0.2, 0) is 21.7 Å². The third kappa shape index (κ3) is 8.09. The van der Waals surface area contributed by atoms with Crippen molar-refractivity contribution in [1.29, 1.82) is 0 Å². The van der Waals surface area contributed by atoms with E-state index in [1.54, 1.807) is 0 Å². The molecule has 0 fully saturated rings. The molecule has 1 aromatic heterocycles. The average molecular weight is 1190 g/mol. The van der Waals surface area contributed by atoms with E-state index in [1.165, 1.54) is 167 Å². The molecule has 0 aliphatic carbocycles. The maximum absolute atomic E-state index is 2.60. The normalized spacial score (nSPS) is 15.4. The van der Waals surface area contributed by atoms with Crippen molar-refractivity contribution in [2.75, 3.05) is 9.80 Å². The summed E-state index contributed by atoms with van der Waals surface area (Å²) in [5.41, 5.74) is 35.0. The molecule has 3 heteroatoms. The Morgan fingerprint density at radius 3 is 0.720 bits per heavy atom. The topological polar surface area (TPSA) is 11.4 Å². The Hall–Kier alpha value is -10.7. The second-order valence-corrected chi connectivity index (χ2v) is 28.5. The maximum atomic E-state index is 2.60. The van der Waals surface area contributed by atoms with Gasteiger partial charge in [-0.1, -0.05) is 231 Å². The molecule has 0 bridgehead atoms. The maximum Gasteiger partial charge on any atom is 0.0544 e. The number of rotatable bonds is 7. The van der Waals surface area contributed by atoms with Crippen LogP contribution in [0.4, 0.5) is 34.1 Å². The van der Waals surface area contributed by atoms with E-state index in [1.807, 2.05) is 0 Å². The summed E-state index contributed by atoms with van der Waals surface area (Å²) in [6, 6.07) is 108. The lowest BCUT2D eigenvalue weighted by Gasteiger charge is -2.50. The number of aromatic nitrogens is 1. The number of hydrogen-bond acceptors (Lipinski definition) is 2. The summed E-state index contributed by atoms with van der Waals surface area (Å²) in [6.07, 6.45) is 0. The van der Waals surface area contributed by atoms with Crippen molar-refractivity contribution in [1.82, 2.24) is 4.57 Å². The van der Waals surface area contributed by atoms with Gasteiger partial charge in [0.2, 0.25) is 0 Å². The first-order valence-electron chi connectivity index (χ1n) is 33.1. The molecule has 4 aliphatic rings. The number of fused-ring (bicyclic) bond motifs is 11. The molecule has 0 atom stereocenters. The minimum Gasteiger partial charge on any atom is -0.309 e. The molecule has 14 aromatic rings. The van der Waals surface area contributed by atoms with Gasteiger partial charge in [0.25, 0.3) is 0 Å². The van der Waals surface area contributed by atoms with E-state index < -0.39 is 0 Å². The fourth-order valence-electron chi connectivity index (χ4n) is 16.7. The third-order valence-corrected chi connectivity index (χ3v) is 21.9. The fraction of sp³-hybridized carbons (Fsp3) is 0.133. The molecular formula is C90H71N3. The quantitative estimate of drug-likeness (QED) is 0.158. The average Bonchev–Trinajstić information content (AvgIpc) is 1.21. The molecule has 0 radical (unpaired) electrons. The summed E-state index contributed by atoms with van der Waals surface area (Å²) in [7, 11) is 0. The summed E-state index contributed by atoms with van der Waals surface area (Å²) in [5, 5.41) is 2.46. The van der Waals surface area contributed by atoms with Crippen LogP contribution in [0.1, 0.15) is 99.9 Å². The van der Waals surface area contributed by atoms with Gasteiger partial charge in [-0.15, -0.1) is 0 Å². The van der Waals surface area contributed by atoms with Gasteiger partial charge in [0.1, 0.15) is 0 Å². The van der Waals surface area contributed by atoms with Crippen LogP contribution in [0.3, 0.4) is 0 Å². The monoisotopic (exact) mass is 1190 g/mol. The molecule has 93 heavy (non-hydrogen) atoms. The molecule has 0 spiro atoms. The van der Waals surface area contributed by atoms with E-state index in [-0.39, 0.29) is 21.7 Å². The van der Waals surface area contributed by atoms with Gasteiger partial charge < -0.3 is 14.4 Å². The highest BCUT2D eigenvalue weighted by Crippen LogP contribution is 2.64. The molecule has 0 amide bonds. The number of benzene rings is 13. The van der Waals surface area contributed by atoms with Gasteiger partial charge in [-0.3, -0.25) is 0 Å². The van der Waals surface area contributed by atoms with Crippen LogP contribution >= 0.6 is 0 Å². The van der Waals surface area contributed by atoms with Gasteiger partial charge in [0.15, 0.2) is 0 Å². The minimum atomic E-state index is -0.344. The summed E-state index contributed by atoms with van der Waals surface area (Å²) in [5.74, 6) is 0.